The van der Waals surface area contributed by atoms with Gasteiger partial charge in [0.15, 0.2) is 0 Å². The van der Waals surface area contributed by atoms with Gasteiger partial charge in [-0.05, 0) is 74.5 Å². The van der Waals surface area contributed by atoms with E-state index in [2.05, 4.69) is 0 Å². The van der Waals surface area contributed by atoms with Gasteiger partial charge in [0.05, 0.1) is 12.2 Å². The third kappa shape index (κ3) is 6.41. The minimum atomic E-state index is -2.39. The third-order valence-electron chi connectivity index (χ3n) is 4.03. The molecular weight excluding hydrogens is 360 g/mol. The first-order chi connectivity index (χ1) is 12.8. The Bertz CT molecular complexity index is 720. The predicted octanol–water partition coefficient (Wildman–Crippen LogP) is 4.59. The van der Waals surface area contributed by atoms with Crippen LogP contribution in [-0.2, 0) is 0 Å². The van der Waals surface area contributed by atoms with Crippen molar-refractivity contribution < 1.29 is 23.8 Å². The molecule has 1 N–H and O–H groups in total. The van der Waals surface area contributed by atoms with Gasteiger partial charge >= 0.3 is 5.97 Å². The number of carbonyl (C=O) groups is 1. The molecule has 27 heavy (non-hydrogen) atoms. The van der Waals surface area contributed by atoms with Crippen LogP contribution in [-0.4, -0.2) is 31.4 Å². The van der Waals surface area contributed by atoms with E-state index in [0.29, 0.717) is 23.7 Å². The molecule has 2 aromatic rings. The highest BCUT2D eigenvalue weighted by atomic mass is 28.4. The van der Waals surface area contributed by atoms with Crippen LogP contribution in [0.3, 0.4) is 0 Å². The van der Waals surface area contributed by atoms with Crippen LogP contribution in [0.15, 0.2) is 48.5 Å². The molecule has 0 aliphatic heterocycles. The Morgan fingerprint density at radius 3 is 2.04 bits per heavy atom. The van der Waals surface area contributed by atoms with Crippen LogP contribution in [0.5, 0.6) is 17.2 Å². The summed E-state index contributed by atoms with van der Waals surface area (Å²) in [5.74, 6) is 1.40. The fraction of sp³-hybridized carbons (Fsp3) is 0.381. The largest absolute Gasteiger partial charge is 0.494 e. The molecule has 6 heteroatoms. The van der Waals surface area contributed by atoms with Crippen molar-refractivity contribution in [2.45, 2.75) is 45.5 Å². The lowest BCUT2D eigenvalue weighted by atomic mass is 10.2. The maximum Gasteiger partial charge on any atom is 0.343 e. The van der Waals surface area contributed by atoms with E-state index in [4.69, 9.17) is 14.2 Å². The van der Waals surface area contributed by atoms with Crippen molar-refractivity contribution >= 4 is 14.3 Å². The summed E-state index contributed by atoms with van der Waals surface area (Å²) in [6.07, 6.45) is 1.67. The maximum atomic E-state index is 12.3. The number of esters is 1. The van der Waals surface area contributed by atoms with Crippen LogP contribution < -0.4 is 14.2 Å². The molecule has 1 unspecified atom stereocenters. The molecule has 0 amide bonds. The van der Waals surface area contributed by atoms with E-state index in [1.54, 1.807) is 48.5 Å². The highest BCUT2D eigenvalue weighted by molar-refractivity contribution is 6.71. The topological polar surface area (TPSA) is 65.0 Å². The van der Waals surface area contributed by atoms with Gasteiger partial charge in [0.2, 0.25) is 8.32 Å². The monoisotopic (exact) mass is 388 g/mol. The van der Waals surface area contributed by atoms with Crippen molar-refractivity contribution in [2.24, 2.45) is 0 Å². The summed E-state index contributed by atoms with van der Waals surface area (Å²) in [5.41, 5.74) is 0.242. The summed E-state index contributed by atoms with van der Waals surface area (Å²) in [5, 5.41) is 0. The smallest absolute Gasteiger partial charge is 0.343 e. The fourth-order valence-electron chi connectivity index (χ4n) is 2.55. The van der Waals surface area contributed by atoms with Crippen LogP contribution >= 0.6 is 0 Å². The molecule has 146 valence electrons. The standard InChI is InChI=1S/C21H28O5Si/c1-5-15-24-17-11-13-19(14-12-17)26-21(22)16-7-9-18(10-8-16)25-20(6-2)27(3,4)23/h7-14,20,23H,5-6,15H2,1-4H3. The molecule has 1 atom stereocenters. The Morgan fingerprint density at radius 2 is 1.52 bits per heavy atom. The van der Waals surface area contributed by atoms with Crippen molar-refractivity contribution in [3.8, 4) is 17.2 Å². The number of hydrogen-bond acceptors (Lipinski definition) is 5. The van der Waals surface area contributed by atoms with Gasteiger partial charge < -0.3 is 19.0 Å². The Morgan fingerprint density at radius 1 is 0.963 bits per heavy atom. The highest BCUT2D eigenvalue weighted by Gasteiger charge is 2.30. The normalized spacial score (nSPS) is 12.3. The first-order valence-electron chi connectivity index (χ1n) is 9.27. The van der Waals surface area contributed by atoms with Gasteiger partial charge in [-0.2, -0.15) is 0 Å². The molecule has 0 bridgehead atoms. The minimum absolute atomic E-state index is 0.191. The molecule has 0 heterocycles. The van der Waals surface area contributed by atoms with E-state index in [1.165, 1.54) is 0 Å². The van der Waals surface area contributed by atoms with E-state index in [9.17, 15) is 9.59 Å². The Kier molecular flexibility index (Phi) is 7.44. The van der Waals surface area contributed by atoms with E-state index < -0.39 is 14.3 Å². The van der Waals surface area contributed by atoms with E-state index in [0.717, 1.165) is 18.6 Å². The Balaban J connectivity index is 1.97. The second kappa shape index (κ2) is 9.57. The fourth-order valence-corrected chi connectivity index (χ4v) is 3.97. The van der Waals surface area contributed by atoms with Gasteiger partial charge in [0.25, 0.3) is 0 Å². The Labute approximate surface area is 162 Å². The lowest BCUT2D eigenvalue weighted by molar-refractivity contribution is 0.0734. The van der Waals surface area contributed by atoms with Crippen molar-refractivity contribution in [3.05, 3.63) is 54.1 Å². The number of benzene rings is 2. The van der Waals surface area contributed by atoms with Gasteiger partial charge in [-0.3, -0.25) is 0 Å². The van der Waals surface area contributed by atoms with Crippen molar-refractivity contribution in [1.29, 1.82) is 0 Å². The van der Waals surface area contributed by atoms with Crippen LogP contribution in [0.4, 0.5) is 0 Å². The number of rotatable bonds is 9. The van der Waals surface area contributed by atoms with Crippen LogP contribution in [0.1, 0.15) is 37.0 Å². The quantitative estimate of drug-likeness (QED) is 0.387. The molecule has 0 saturated carbocycles. The van der Waals surface area contributed by atoms with Crippen molar-refractivity contribution in [2.75, 3.05) is 6.61 Å². The summed E-state index contributed by atoms with van der Waals surface area (Å²) in [6.45, 7) is 8.39. The lowest BCUT2D eigenvalue weighted by Gasteiger charge is -2.26. The zero-order valence-corrected chi connectivity index (χ0v) is 17.4. The molecule has 0 saturated heterocycles. The van der Waals surface area contributed by atoms with Gasteiger partial charge in [0, 0.05) is 0 Å². The van der Waals surface area contributed by atoms with E-state index in [1.807, 2.05) is 26.9 Å². The third-order valence-corrected chi connectivity index (χ3v) is 6.14. The molecule has 2 aromatic carbocycles. The van der Waals surface area contributed by atoms with E-state index >= 15 is 0 Å². The van der Waals surface area contributed by atoms with Crippen molar-refractivity contribution in [1.82, 2.24) is 0 Å². The molecule has 0 spiro atoms. The first kappa shape index (κ1) is 21.0. The summed E-state index contributed by atoms with van der Waals surface area (Å²) >= 11 is 0. The molecular formula is C21H28O5Si. The zero-order valence-electron chi connectivity index (χ0n) is 16.4. The van der Waals surface area contributed by atoms with Gasteiger partial charge in [-0.15, -0.1) is 0 Å². The molecule has 5 nitrogen and oxygen atoms in total. The van der Waals surface area contributed by atoms with Crippen LogP contribution in [0.2, 0.25) is 13.1 Å². The molecule has 0 aromatic heterocycles. The molecule has 0 aliphatic rings. The highest BCUT2D eigenvalue weighted by Crippen LogP contribution is 2.21. The maximum absolute atomic E-state index is 12.3. The first-order valence-corrected chi connectivity index (χ1v) is 12.3. The predicted molar refractivity (Wildman–Crippen MR) is 108 cm³/mol. The lowest BCUT2D eigenvalue weighted by Crippen LogP contribution is -2.45. The van der Waals surface area contributed by atoms with Crippen molar-refractivity contribution in [3.63, 3.8) is 0 Å². The van der Waals surface area contributed by atoms with Gasteiger partial charge in [-0.25, -0.2) is 4.79 Å². The number of hydrogen-bond donors (Lipinski definition) is 1. The van der Waals surface area contributed by atoms with Crippen LogP contribution in [0.25, 0.3) is 0 Å². The number of ether oxygens (including phenoxy) is 3. The van der Waals surface area contributed by atoms with E-state index in [-0.39, 0.29) is 5.73 Å². The second-order valence-corrected chi connectivity index (χ2v) is 10.9. The summed E-state index contributed by atoms with van der Waals surface area (Å²) in [7, 11) is -2.39. The SMILES string of the molecule is CCCOc1ccc(OC(=O)c2ccc(OC(CC)[Si](C)(C)O)cc2)cc1. The molecule has 2 rings (SSSR count). The molecule has 0 aliphatic carbocycles. The molecule has 0 radical (unpaired) electrons. The van der Waals surface area contributed by atoms with Gasteiger partial charge in [-0.1, -0.05) is 13.8 Å². The minimum Gasteiger partial charge on any atom is -0.494 e. The van der Waals surface area contributed by atoms with Crippen LogP contribution in [0, 0.1) is 0 Å². The van der Waals surface area contributed by atoms with Gasteiger partial charge in [0.1, 0.15) is 23.0 Å². The average molecular weight is 389 g/mol. The second-order valence-electron chi connectivity index (χ2n) is 6.90. The molecule has 0 fully saturated rings. The summed E-state index contributed by atoms with van der Waals surface area (Å²) in [6, 6.07) is 13.7. The summed E-state index contributed by atoms with van der Waals surface area (Å²) < 4.78 is 16.8. The number of carbonyl (C=O) groups excluding carboxylic acids is 1. The summed E-state index contributed by atoms with van der Waals surface area (Å²) in [4.78, 5) is 22.5. The average Bonchev–Trinajstić information content (AvgIpc) is 2.65. The zero-order chi connectivity index (χ0) is 19.9. The Hall–Kier alpha value is -2.31.